The van der Waals surface area contributed by atoms with Gasteiger partial charge in [0.15, 0.2) is 0 Å². The van der Waals surface area contributed by atoms with E-state index in [2.05, 4.69) is 5.32 Å². The predicted octanol–water partition coefficient (Wildman–Crippen LogP) is 1.96. The molecule has 1 aliphatic rings. The summed E-state index contributed by atoms with van der Waals surface area (Å²) in [6.45, 7) is 2.48. The molecular formula is C21H20N2O5. The van der Waals surface area contributed by atoms with Crippen molar-refractivity contribution in [1.29, 1.82) is 0 Å². The highest BCUT2D eigenvalue weighted by atomic mass is 16.4. The maximum absolute atomic E-state index is 12.8. The number of carboxylic acids is 1. The zero-order valence-electron chi connectivity index (χ0n) is 15.3. The first-order valence-electron chi connectivity index (χ1n) is 8.93. The molecule has 28 heavy (non-hydrogen) atoms. The molecule has 0 fully saturated rings. The summed E-state index contributed by atoms with van der Waals surface area (Å²) in [5, 5.41) is 11.2. The number of carbonyl (C=O) groups is 4. The van der Waals surface area contributed by atoms with Crippen molar-refractivity contribution in [3.8, 4) is 0 Å². The quantitative estimate of drug-likeness (QED) is 0.715. The van der Waals surface area contributed by atoms with Crippen molar-refractivity contribution in [1.82, 2.24) is 10.2 Å². The Labute approximate surface area is 162 Å². The molecule has 1 aliphatic heterocycles. The third-order valence-corrected chi connectivity index (χ3v) is 4.94. The number of imide groups is 1. The normalized spacial score (nSPS) is 13.8. The number of aryl methyl sites for hydroxylation is 1. The van der Waals surface area contributed by atoms with Gasteiger partial charge in [0.05, 0.1) is 11.5 Å². The van der Waals surface area contributed by atoms with Crippen LogP contribution in [-0.2, 0) is 22.6 Å². The molecular weight excluding hydrogens is 360 g/mol. The standard InChI is InChI=1S/C21H20N2O5/c1-2-13-3-4-16-10-23(20(26)17(16)9-13)11-18(19(25)22-12-24)14-5-7-15(8-6-14)21(27)28/h3-9,12,18H,2,10-11H2,1H3,(H,27,28)(H,22,24,25). The van der Waals surface area contributed by atoms with Gasteiger partial charge in [0, 0.05) is 18.7 Å². The largest absolute Gasteiger partial charge is 0.478 e. The molecule has 2 aromatic carbocycles. The van der Waals surface area contributed by atoms with E-state index in [-0.39, 0.29) is 18.0 Å². The molecule has 3 rings (SSSR count). The number of rotatable bonds is 7. The molecule has 7 heteroatoms. The molecule has 1 unspecified atom stereocenters. The van der Waals surface area contributed by atoms with E-state index in [0.717, 1.165) is 17.5 Å². The smallest absolute Gasteiger partial charge is 0.335 e. The van der Waals surface area contributed by atoms with Gasteiger partial charge in [-0.3, -0.25) is 19.7 Å². The van der Waals surface area contributed by atoms with Crippen LogP contribution in [0.4, 0.5) is 0 Å². The summed E-state index contributed by atoms with van der Waals surface area (Å²) in [4.78, 5) is 48.6. The number of fused-ring (bicyclic) bond motifs is 1. The number of carbonyl (C=O) groups excluding carboxylic acids is 3. The number of carboxylic acid groups (broad SMARTS) is 1. The van der Waals surface area contributed by atoms with Crippen LogP contribution in [0.2, 0.25) is 0 Å². The second kappa shape index (κ2) is 8.04. The summed E-state index contributed by atoms with van der Waals surface area (Å²) in [5.74, 6) is -2.57. The van der Waals surface area contributed by atoms with Crippen molar-refractivity contribution < 1.29 is 24.3 Å². The second-order valence-electron chi connectivity index (χ2n) is 6.64. The van der Waals surface area contributed by atoms with Crippen LogP contribution in [0.1, 0.15) is 50.2 Å². The van der Waals surface area contributed by atoms with Gasteiger partial charge in [0.2, 0.25) is 12.3 Å². The zero-order chi connectivity index (χ0) is 20.3. The number of amides is 3. The molecule has 0 saturated carbocycles. The Morgan fingerprint density at radius 2 is 1.93 bits per heavy atom. The maximum Gasteiger partial charge on any atom is 0.335 e. The number of benzene rings is 2. The van der Waals surface area contributed by atoms with E-state index in [4.69, 9.17) is 5.11 Å². The molecule has 2 N–H and O–H groups in total. The van der Waals surface area contributed by atoms with Crippen molar-refractivity contribution in [2.24, 2.45) is 0 Å². The molecule has 7 nitrogen and oxygen atoms in total. The fourth-order valence-electron chi connectivity index (χ4n) is 3.35. The third-order valence-electron chi connectivity index (χ3n) is 4.94. The fraction of sp³-hybridized carbons (Fsp3) is 0.238. The van der Waals surface area contributed by atoms with Gasteiger partial charge in [-0.1, -0.05) is 31.2 Å². The molecule has 144 valence electrons. The van der Waals surface area contributed by atoms with E-state index in [1.54, 1.807) is 4.90 Å². The third kappa shape index (κ3) is 3.78. The van der Waals surface area contributed by atoms with E-state index in [1.807, 2.05) is 25.1 Å². The molecule has 0 saturated heterocycles. The minimum Gasteiger partial charge on any atom is -0.478 e. The first-order valence-corrected chi connectivity index (χ1v) is 8.93. The first kappa shape index (κ1) is 19.3. The Morgan fingerprint density at radius 3 is 2.54 bits per heavy atom. The van der Waals surface area contributed by atoms with E-state index in [9.17, 15) is 19.2 Å². The number of nitrogens with zero attached hydrogens (tertiary/aromatic N) is 1. The van der Waals surface area contributed by atoms with Crippen LogP contribution >= 0.6 is 0 Å². The Balaban J connectivity index is 1.86. The zero-order valence-corrected chi connectivity index (χ0v) is 15.3. The topological polar surface area (TPSA) is 104 Å². The fourth-order valence-corrected chi connectivity index (χ4v) is 3.35. The number of hydrogen-bond donors (Lipinski definition) is 2. The summed E-state index contributed by atoms with van der Waals surface area (Å²) in [6.07, 6.45) is 1.12. The lowest BCUT2D eigenvalue weighted by atomic mass is 9.96. The van der Waals surface area contributed by atoms with E-state index in [1.165, 1.54) is 24.3 Å². The SMILES string of the molecule is CCc1ccc2c(c1)C(=O)N(CC(C(=O)NC=O)c1ccc(C(=O)O)cc1)C2. The summed E-state index contributed by atoms with van der Waals surface area (Å²) >= 11 is 0. The number of hydrogen-bond acceptors (Lipinski definition) is 4. The van der Waals surface area contributed by atoms with Gasteiger partial charge in [-0.05, 0) is 41.3 Å². The van der Waals surface area contributed by atoms with Crippen LogP contribution in [0.15, 0.2) is 42.5 Å². The van der Waals surface area contributed by atoms with Crippen molar-refractivity contribution in [2.75, 3.05) is 6.54 Å². The molecule has 0 spiro atoms. The highest BCUT2D eigenvalue weighted by Gasteiger charge is 2.32. The van der Waals surface area contributed by atoms with Gasteiger partial charge in [0.1, 0.15) is 0 Å². The summed E-state index contributed by atoms with van der Waals surface area (Å²) in [5.41, 5.74) is 3.22. The number of nitrogens with one attached hydrogen (secondary N) is 1. The van der Waals surface area contributed by atoms with E-state index in [0.29, 0.717) is 24.1 Å². The average molecular weight is 380 g/mol. The molecule has 1 heterocycles. The van der Waals surface area contributed by atoms with Gasteiger partial charge in [0.25, 0.3) is 5.91 Å². The lowest BCUT2D eigenvalue weighted by molar-refractivity contribution is -0.126. The average Bonchev–Trinajstić information content (AvgIpc) is 3.01. The maximum atomic E-state index is 12.8. The summed E-state index contributed by atoms with van der Waals surface area (Å²) < 4.78 is 0. The second-order valence-corrected chi connectivity index (χ2v) is 6.64. The van der Waals surface area contributed by atoms with Gasteiger partial charge in [-0.25, -0.2) is 4.79 Å². The number of aromatic carboxylic acids is 1. The molecule has 0 bridgehead atoms. The Kier molecular flexibility index (Phi) is 5.54. The summed E-state index contributed by atoms with van der Waals surface area (Å²) in [6, 6.07) is 11.6. The van der Waals surface area contributed by atoms with Crippen LogP contribution in [0.25, 0.3) is 0 Å². The predicted molar refractivity (Wildman–Crippen MR) is 101 cm³/mol. The van der Waals surface area contributed by atoms with Crippen LogP contribution < -0.4 is 5.32 Å². The van der Waals surface area contributed by atoms with Crippen LogP contribution in [-0.4, -0.2) is 40.7 Å². The molecule has 0 radical (unpaired) electrons. The van der Waals surface area contributed by atoms with Crippen molar-refractivity contribution in [3.05, 3.63) is 70.3 Å². The van der Waals surface area contributed by atoms with Gasteiger partial charge in [-0.15, -0.1) is 0 Å². The van der Waals surface area contributed by atoms with Crippen LogP contribution in [0, 0.1) is 0 Å². The molecule has 3 amide bonds. The first-order chi connectivity index (χ1) is 13.4. The Morgan fingerprint density at radius 1 is 1.21 bits per heavy atom. The highest BCUT2D eigenvalue weighted by Crippen LogP contribution is 2.27. The lowest BCUT2D eigenvalue weighted by Gasteiger charge is -2.23. The minimum atomic E-state index is -1.07. The van der Waals surface area contributed by atoms with Crippen LogP contribution in [0.5, 0.6) is 0 Å². The molecule has 0 aromatic heterocycles. The van der Waals surface area contributed by atoms with Gasteiger partial charge in [-0.2, -0.15) is 0 Å². The van der Waals surface area contributed by atoms with Crippen LogP contribution in [0.3, 0.4) is 0 Å². The highest BCUT2D eigenvalue weighted by molar-refractivity contribution is 5.99. The van der Waals surface area contributed by atoms with E-state index < -0.39 is 17.8 Å². The monoisotopic (exact) mass is 380 g/mol. The molecule has 2 aromatic rings. The Hall–Kier alpha value is -3.48. The minimum absolute atomic E-state index is 0.0844. The van der Waals surface area contributed by atoms with Gasteiger partial charge < -0.3 is 10.0 Å². The van der Waals surface area contributed by atoms with E-state index >= 15 is 0 Å². The molecule has 1 atom stereocenters. The van der Waals surface area contributed by atoms with Crippen molar-refractivity contribution in [3.63, 3.8) is 0 Å². The van der Waals surface area contributed by atoms with Crippen molar-refractivity contribution in [2.45, 2.75) is 25.8 Å². The van der Waals surface area contributed by atoms with Gasteiger partial charge >= 0.3 is 5.97 Å². The summed E-state index contributed by atoms with van der Waals surface area (Å²) in [7, 11) is 0. The Bertz CT molecular complexity index is 936. The lowest BCUT2D eigenvalue weighted by Crippen LogP contribution is -2.37. The van der Waals surface area contributed by atoms with Crippen molar-refractivity contribution >= 4 is 24.2 Å². The molecule has 0 aliphatic carbocycles.